The number of hydrogen-bond acceptors (Lipinski definition) is 4. The van der Waals surface area contributed by atoms with E-state index in [1.165, 1.54) is 0 Å². The van der Waals surface area contributed by atoms with Gasteiger partial charge in [-0.05, 0) is 30.7 Å². The van der Waals surface area contributed by atoms with Crippen LogP contribution >= 0.6 is 0 Å². The number of amides is 3. The monoisotopic (exact) mass is 448 g/mol. The molecule has 0 unspecified atom stereocenters. The van der Waals surface area contributed by atoms with Crippen molar-refractivity contribution in [3.63, 3.8) is 0 Å². The van der Waals surface area contributed by atoms with Gasteiger partial charge in [0.2, 0.25) is 11.8 Å². The normalized spacial score (nSPS) is 13.7. The van der Waals surface area contributed by atoms with Gasteiger partial charge in [-0.15, -0.1) is 0 Å². The fourth-order valence-electron chi connectivity index (χ4n) is 4.00. The van der Waals surface area contributed by atoms with Crippen LogP contribution in [0.3, 0.4) is 0 Å². The molecule has 2 N–H and O–H groups in total. The number of H-pyrrole nitrogens is 1. The van der Waals surface area contributed by atoms with Crippen molar-refractivity contribution >= 4 is 34.3 Å². The molecular weight excluding hydrogens is 420 g/mol. The highest BCUT2D eigenvalue weighted by Crippen LogP contribution is 2.18. The number of rotatable bonds is 7. The molecule has 0 bridgehead atoms. The first-order chi connectivity index (χ1) is 16.0. The first-order valence-electron chi connectivity index (χ1n) is 11.1. The lowest BCUT2D eigenvalue weighted by Gasteiger charge is -2.34. The van der Waals surface area contributed by atoms with E-state index in [4.69, 9.17) is 4.74 Å². The van der Waals surface area contributed by atoms with E-state index < -0.39 is 0 Å². The fraction of sp³-hybridized carbons (Fsp3) is 0.320. The number of anilines is 1. The van der Waals surface area contributed by atoms with Crippen molar-refractivity contribution in [2.24, 2.45) is 0 Å². The number of nitrogens with zero attached hydrogens (tertiary/aromatic N) is 2. The van der Waals surface area contributed by atoms with Crippen LogP contribution in [0.1, 0.15) is 29.8 Å². The third-order valence-electron chi connectivity index (χ3n) is 5.83. The van der Waals surface area contributed by atoms with E-state index in [-0.39, 0.29) is 24.1 Å². The van der Waals surface area contributed by atoms with Gasteiger partial charge in [0.1, 0.15) is 11.4 Å². The van der Waals surface area contributed by atoms with Gasteiger partial charge in [0, 0.05) is 61.7 Å². The van der Waals surface area contributed by atoms with Crippen LogP contribution in [-0.4, -0.2) is 65.8 Å². The highest BCUT2D eigenvalue weighted by atomic mass is 16.5. The number of aromatic amines is 1. The zero-order chi connectivity index (χ0) is 23.2. The molecule has 2 heterocycles. The van der Waals surface area contributed by atoms with Crippen LogP contribution < -0.4 is 10.1 Å². The number of nitrogens with one attached hydrogen (secondary N) is 2. The molecule has 0 radical (unpaired) electrons. The maximum absolute atomic E-state index is 12.8. The van der Waals surface area contributed by atoms with Crippen molar-refractivity contribution in [3.8, 4) is 5.75 Å². The molecular formula is C25H28N4O4. The molecule has 1 aliphatic heterocycles. The van der Waals surface area contributed by atoms with Gasteiger partial charge in [-0.2, -0.15) is 0 Å². The summed E-state index contributed by atoms with van der Waals surface area (Å²) in [7, 11) is 1.57. The van der Waals surface area contributed by atoms with Gasteiger partial charge in [0.15, 0.2) is 0 Å². The van der Waals surface area contributed by atoms with E-state index in [1.807, 2.05) is 36.4 Å². The van der Waals surface area contributed by atoms with Crippen LogP contribution in [0.5, 0.6) is 5.75 Å². The molecule has 4 rings (SSSR count). The van der Waals surface area contributed by atoms with Crippen LogP contribution in [0.4, 0.5) is 5.69 Å². The number of hydrogen-bond donors (Lipinski definition) is 2. The number of piperazine rings is 1. The fourth-order valence-corrected chi connectivity index (χ4v) is 4.00. The van der Waals surface area contributed by atoms with Crippen molar-refractivity contribution in [2.75, 3.05) is 38.6 Å². The highest BCUT2D eigenvalue weighted by molar-refractivity contribution is 5.98. The van der Waals surface area contributed by atoms with Gasteiger partial charge in [-0.3, -0.25) is 14.4 Å². The molecule has 3 amide bonds. The predicted octanol–water partition coefficient (Wildman–Crippen LogP) is 3.27. The molecule has 33 heavy (non-hydrogen) atoms. The Labute approximate surface area is 192 Å². The van der Waals surface area contributed by atoms with E-state index in [0.29, 0.717) is 56.2 Å². The Balaban J connectivity index is 1.20. The minimum Gasteiger partial charge on any atom is -0.497 e. The van der Waals surface area contributed by atoms with Gasteiger partial charge in [0.25, 0.3) is 5.91 Å². The van der Waals surface area contributed by atoms with Crippen molar-refractivity contribution in [3.05, 3.63) is 60.3 Å². The summed E-state index contributed by atoms with van der Waals surface area (Å²) >= 11 is 0. The van der Waals surface area contributed by atoms with E-state index in [2.05, 4.69) is 10.3 Å². The second-order valence-electron chi connectivity index (χ2n) is 8.08. The average molecular weight is 449 g/mol. The summed E-state index contributed by atoms with van der Waals surface area (Å²) in [6.45, 7) is 1.99. The largest absolute Gasteiger partial charge is 0.497 e. The lowest BCUT2D eigenvalue weighted by Crippen LogP contribution is -2.50. The smallest absolute Gasteiger partial charge is 0.270 e. The number of ether oxygens (including phenoxy) is 1. The molecule has 1 saturated heterocycles. The van der Waals surface area contributed by atoms with Crippen molar-refractivity contribution in [1.29, 1.82) is 0 Å². The van der Waals surface area contributed by atoms with Crippen LogP contribution in [0.15, 0.2) is 54.6 Å². The van der Waals surface area contributed by atoms with Gasteiger partial charge in [-0.1, -0.05) is 24.3 Å². The number of para-hydroxylation sites is 1. The number of carbonyl (C=O) groups is 3. The summed E-state index contributed by atoms with van der Waals surface area (Å²) in [5, 5.41) is 3.83. The Bertz CT molecular complexity index is 1120. The predicted molar refractivity (Wildman–Crippen MR) is 126 cm³/mol. The third-order valence-corrected chi connectivity index (χ3v) is 5.83. The summed E-state index contributed by atoms with van der Waals surface area (Å²) < 4.78 is 5.15. The van der Waals surface area contributed by atoms with E-state index in [1.54, 1.807) is 35.1 Å². The number of benzene rings is 2. The maximum Gasteiger partial charge on any atom is 0.270 e. The lowest BCUT2D eigenvalue weighted by atomic mass is 10.2. The van der Waals surface area contributed by atoms with Gasteiger partial charge in [-0.25, -0.2) is 0 Å². The zero-order valence-electron chi connectivity index (χ0n) is 18.7. The standard InChI is InChI=1S/C25H28N4O4/c1-33-20-8-4-7-19(17-20)26-23(30)10-5-11-24(31)28-12-14-29(15-13-28)25(32)22-16-18-6-2-3-9-21(18)27-22/h2-4,6-9,16-17,27H,5,10-15H2,1H3,(H,26,30). The summed E-state index contributed by atoms with van der Waals surface area (Å²) in [5.74, 6) is 0.504. The average Bonchev–Trinajstić information content (AvgIpc) is 3.28. The molecule has 1 aromatic heterocycles. The Morgan fingerprint density at radius 1 is 0.939 bits per heavy atom. The maximum atomic E-state index is 12.8. The number of aromatic nitrogens is 1. The van der Waals surface area contributed by atoms with Crippen LogP contribution in [-0.2, 0) is 9.59 Å². The SMILES string of the molecule is COc1cccc(NC(=O)CCCC(=O)N2CCN(C(=O)c3cc4ccccc4[nH]3)CC2)c1. The van der Waals surface area contributed by atoms with Crippen LogP contribution in [0.2, 0.25) is 0 Å². The van der Waals surface area contributed by atoms with E-state index >= 15 is 0 Å². The Hall–Kier alpha value is -3.81. The molecule has 3 aromatic rings. The Kier molecular flexibility index (Phi) is 6.92. The summed E-state index contributed by atoms with van der Waals surface area (Å²) in [6, 6.07) is 16.8. The highest BCUT2D eigenvalue weighted by Gasteiger charge is 2.25. The molecule has 8 nitrogen and oxygen atoms in total. The molecule has 0 spiro atoms. The summed E-state index contributed by atoms with van der Waals surface area (Å²) in [4.78, 5) is 44.3. The third kappa shape index (κ3) is 5.52. The number of carbonyl (C=O) groups excluding carboxylic acids is 3. The summed E-state index contributed by atoms with van der Waals surface area (Å²) in [5.41, 5.74) is 2.17. The van der Waals surface area contributed by atoms with Gasteiger partial charge >= 0.3 is 0 Å². The topological polar surface area (TPSA) is 94.7 Å². The van der Waals surface area contributed by atoms with Crippen molar-refractivity contribution in [1.82, 2.24) is 14.8 Å². The molecule has 0 aliphatic carbocycles. The van der Waals surface area contributed by atoms with Crippen LogP contribution in [0, 0.1) is 0 Å². The summed E-state index contributed by atoms with van der Waals surface area (Å²) in [6.07, 6.45) is 1.05. The van der Waals surface area contributed by atoms with Gasteiger partial charge in [0.05, 0.1) is 7.11 Å². The number of methoxy groups -OCH3 is 1. The number of fused-ring (bicyclic) bond motifs is 1. The molecule has 0 saturated carbocycles. The Morgan fingerprint density at radius 3 is 2.45 bits per heavy atom. The minimum absolute atomic E-state index is 0.0156. The first-order valence-corrected chi connectivity index (χ1v) is 11.1. The molecule has 1 aliphatic rings. The minimum atomic E-state index is -0.134. The first kappa shape index (κ1) is 22.4. The molecule has 2 aromatic carbocycles. The van der Waals surface area contributed by atoms with Crippen molar-refractivity contribution < 1.29 is 19.1 Å². The van der Waals surface area contributed by atoms with Crippen molar-refractivity contribution in [2.45, 2.75) is 19.3 Å². The second kappa shape index (κ2) is 10.2. The molecule has 8 heteroatoms. The molecule has 1 fully saturated rings. The lowest BCUT2D eigenvalue weighted by molar-refractivity contribution is -0.132. The van der Waals surface area contributed by atoms with Gasteiger partial charge < -0.3 is 24.8 Å². The molecule has 0 atom stereocenters. The zero-order valence-corrected chi connectivity index (χ0v) is 18.7. The van der Waals surface area contributed by atoms with E-state index in [9.17, 15) is 14.4 Å². The second-order valence-corrected chi connectivity index (χ2v) is 8.08. The van der Waals surface area contributed by atoms with E-state index in [0.717, 1.165) is 10.9 Å². The van der Waals surface area contributed by atoms with Crippen LogP contribution in [0.25, 0.3) is 10.9 Å². The Morgan fingerprint density at radius 2 is 1.70 bits per heavy atom. The molecule has 172 valence electrons. The quantitative estimate of drug-likeness (QED) is 0.580.